The second-order valence-electron chi connectivity index (χ2n) is 6.36. The highest BCUT2D eigenvalue weighted by molar-refractivity contribution is 7.98. The van der Waals surface area contributed by atoms with Gasteiger partial charge in [-0.15, -0.1) is 11.8 Å². The van der Waals surface area contributed by atoms with Crippen LogP contribution in [0.2, 0.25) is 10.0 Å². The molecule has 0 spiro atoms. The van der Waals surface area contributed by atoms with E-state index < -0.39 is 6.61 Å². The molecule has 0 aliphatic heterocycles. The number of ether oxygens (including phenoxy) is 2. The van der Waals surface area contributed by atoms with Gasteiger partial charge in [0.05, 0.1) is 0 Å². The first-order valence-corrected chi connectivity index (χ1v) is 10.9. The summed E-state index contributed by atoms with van der Waals surface area (Å²) < 4.78 is 36.1. The molecule has 10 heteroatoms. The van der Waals surface area contributed by atoms with Gasteiger partial charge in [0.1, 0.15) is 16.5 Å². The lowest BCUT2D eigenvalue weighted by Gasteiger charge is -2.10. The van der Waals surface area contributed by atoms with E-state index >= 15 is 0 Å². The molecule has 2 aromatic carbocycles. The van der Waals surface area contributed by atoms with Gasteiger partial charge in [-0.3, -0.25) is 4.79 Å². The highest BCUT2D eigenvalue weighted by Gasteiger charge is 2.20. The van der Waals surface area contributed by atoms with Crippen molar-refractivity contribution in [1.29, 1.82) is 0 Å². The lowest BCUT2D eigenvalue weighted by molar-refractivity contribution is -0.134. The highest BCUT2D eigenvalue weighted by Crippen LogP contribution is 2.37. The number of carbonyl (C=O) groups excluding carboxylic acids is 1. The standard InChI is InChI=1S/C21H18Cl2F2N2O3S/c1-3-17(28)29-16-10-14(22)7-4-13(16)11-31-15-8-5-12(6-9-15)19-18(23)20(27(2)26-19)30-21(24)25/h4-10,21H,3,11H2,1-2H3. The zero-order chi connectivity index (χ0) is 22.5. The number of hydrogen-bond donors (Lipinski definition) is 0. The van der Waals surface area contributed by atoms with Crippen LogP contribution < -0.4 is 9.47 Å². The molecule has 1 heterocycles. The van der Waals surface area contributed by atoms with Crippen molar-refractivity contribution in [1.82, 2.24) is 9.78 Å². The first-order valence-electron chi connectivity index (χ1n) is 9.18. The van der Waals surface area contributed by atoms with Crippen LogP contribution in [0.3, 0.4) is 0 Å². The zero-order valence-electron chi connectivity index (χ0n) is 16.6. The van der Waals surface area contributed by atoms with E-state index in [1.54, 1.807) is 31.2 Å². The first-order chi connectivity index (χ1) is 14.8. The molecule has 0 N–H and O–H groups in total. The van der Waals surface area contributed by atoms with Crippen LogP contribution in [0, 0.1) is 0 Å². The van der Waals surface area contributed by atoms with Crippen LogP contribution in [-0.2, 0) is 17.6 Å². The Morgan fingerprint density at radius 1 is 1.19 bits per heavy atom. The van der Waals surface area contributed by atoms with Gasteiger partial charge in [-0.2, -0.15) is 13.9 Å². The average molecular weight is 487 g/mol. The van der Waals surface area contributed by atoms with Crippen molar-refractivity contribution in [2.24, 2.45) is 7.05 Å². The normalized spacial score (nSPS) is 11.1. The first kappa shape index (κ1) is 23.4. The van der Waals surface area contributed by atoms with E-state index in [0.717, 1.165) is 10.5 Å². The second-order valence-corrected chi connectivity index (χ2v) is 8.23. The van der Waals surface area contributed by atoms with Crippen molar-refractivity contribution in [3.63, 3.8) is 0 Å². The van der Waals surface area contributed by atoms with Crippen LogP contribution in [0.5, 0.6) is 11.6 Å². The Balaban J connectivity index is 1.73. The molecule has 0 radical (unpaired) electrons. The number of aromatic nitrogens is 2. The van der Waals surface area contributed by atoms with Gasteiger partial charge in [0.2, 0.25) is 5.88 Å². The molecule has 31 heavy (non-hydrogen) atoms. The fourth-order valence-electron chi connectivity index (χ4n) is 2.69. The summed E-state index contributed by atoms with van der Waals surface area (Å²) in [5.41, 5.74) is 1.85. The number of hydrogen-bond acceptors (Lipinski definition) is 5. The van der Waals surface area contributed by atoms with Gasteiger partial charge in [-0.1, -0.05) is 48.3 Å². The van der Waals surface area contributed by atoms with Crippen LogP contribution in [0.1, 0.15) is 18.9 Å². The molecule has 3 rings (SSSR count). The van der Waals surface area contributed by atoms with E-state index in [2.05, 4.69) is 9.84 Å². The molecule has 0 atom stereocenters. The van der Waals surface area contributed by atoms with E-state index in [1.165, 1.54) is 23.5 Å². The molecule has 164 valence electrons. The van der Waals surface area contributed by atoms with E-state index in [-0.39, 0.29) is 23.3 Å². The number of thioether (sulfide) groups is 1. The quantitative estimate of drug-likeness (QED) is 0.204. The maximum atomic E-state index is 12.6. The monoisotopic (exact) mass is 486 g/mol. The number of benzene rings is 2. The Morgan fingerprint density at radius 3 is 2.55 bits per heavy atom. The number of nitrogens with zero attached hydrogens (tertiary/aromatic N) is 2. The third-order valence-electron chi connectivity index (χ3n) is 4.20. The largest absolute Gasteiger partial charge is 0.426 e. The smallest absolute Gasteiger partial charge is 0.388 e. The van der Waals surface area contributed by atoms with E-state index in [9.17, 15) is 13.6 Å². The summed E-state index contributed by atoms with van der Waals surface area (Å²) in [7, 11) is 1.48. The molecule has 0 saturated carbocycles. The number of esters is 1. The van der Waals surface area contributed by atoms with Crippen molar-refractivity contribution in [3.8, 4) is 22.9 Å². The summed E-state index contributed by atoms with van der Waals surface area (Å²) in [6, 6.07) is 12.5. The zero-order valence-corrected chi connectivity index (χ0v) is 18.9. The SMILES string of the molecule is CCC(=O)Oc1cc(Cl)ccc1CSc1ccc(-c2nn(C)c(OC(F)F)c2Cl)cc1. The van der Waals surface area contributed by atoms with Crippen LogP contribution in [0.25, 0.3) is 11.3 Å². The van der Waals surface area contributed by atoms with Gasteiger partial charge in [0.15, 0.2) is 0 Å². The molecular formula is C21H18Cl2F2N2O3S. The van der Waals surface area contributed by atoms with E-state index in [1.807, 2.05) is 18.2 Å². The number of alkyl halides is 2. The molecule has 0 bridgehead atoms. The second kappa shape index (κ2) is 10.3. The van der Waals surface area contributed by atoms with Crippen LogP contribution in [0.4, 0.5) is 8.78 Å². The molecule has 0 unspecified atom stereocenters. The Hall–Kier alpha value is -2.29. The van der Waals surface area contributed by atoms with E-state index in [0.29, 0.717) is 27.8 Å². The summed E-state index contributed by atoms with van der Waals surface area (Å²) in [4.78, 5) is 12.6. The summed E-state index contributed by atoms with van der Waals surface area (Å²) in [5.74, 6) is 0.470. The van der Waals surface area contributed by atoms with Gasteiger partial charge in [-0.25, -0.2) is 4.68 Å². The minimum Gasteiger partial charge on any atom is -0.426 e. The molecule has 0 fully saturated rings. The van der Waals surface area contributed by atoms with Crippen LogP contribution >= 0.6 is 35.0 Å². The molecule has 0 saturated heterocycles. The van der Waals surface area contributed by atoms with Gasteiger partial charge in [0.25, 0.3) is 0 Å². The lowest BCUT2D eigenvalue weighted by Crippen LogP contribution is -2.07. The minimum atomic E-state index is -2.99. The Labute approximate surface area is 192 Å². The number of aryl methyl sites for hydroxylation is 1. The summed E-state index contributed by atoms with van der Waals surface area (Å²) >= 11 is 13.7. The molecule has 0 amide bonds. The van der Waals surface area contributed by atoms with Gasteiger partial charge >= 0.3 is 12.6 Å². The van der Waals surface area contributed by atoms with Gasteiger partial charge < -0.3 is 9.47 Å². The van der Waals surface area contributed by atoms with Crippen LogP contribution in [0.15, 0.2) is 47.4 Å². The molecular weight excluding hydrogens is 469 g/mol. The van der Waals surface area contributed by atoms with Gasteiger partial charge in [-0.05, 0) is 24.3 Å². The number of rotatable bonds is 8. The lowest BCUT2D eigenvalue weighted by atomic mass is 10.1. The fraction of sp³-hybridized carbons (Fsp3) is 0.238. The van der Waals surface area contributed by atoms with Crippen molar-refractivity contribution >= 4 is 40.9 Å². The highest BCUT2D eigenvalue weighted by atomic mass is 35.5. The Kier molecular flexibility index (Phi) is 7.80. The van der Waals surface area contributed by atoms with Crippen molar-refractivity contribution in [2.75, 3.05) is 0 Å². The maximum Gasteiger partial charge on any atom is 0.388 e. The molecule has 1 aromatic heterocycles. The number of carbonyl (C=O) groups is 1. The molecule has 5 nitrogen and oxygen atoms in total. The predicted octanol–water partition coefficient (Wildman–Crippen LogP) is 6.60. The molecule has 0 aliphatic rings. The third kappa shape index (κ3) is 5.90. The Morgan fingerprint density at radius 2 is 1.90 bits per heavy atom. The van der Waals surface area contributed by atoms with Crippen molar-refractivity contribution in [3.05, 3.63) is 58.1 Å². The molecule has 3 aromatic rings. The number of halogens is 4. The minimum absolute atomic E-state index is 0.0201. The van der Waals surface area contributed by atoms with Gasteiger partial charge in [0, 0.05) is 40.3 Å². The summed E-state index contributed by atoms with van der Waals surface area (Å²) in [6.45, 7) is -1.27. The Bertz CT molecular complexity index is 1080. The third-order valence-corrected chi connectivity index (χ3v) is 5.84. The maximum absolute atomic E-state index is 12.6. The van der Waals surface area contributed by atoms with Crippen molar-refractivity contribution in [2.45, 2.75) is 30.6 Å². The predicted molar refractivity (Wildman–Crippen MR) is 117 cm³/mol. The topological polar surface area (TPSA) is 53.3 Å². The average Bonchev–Trinajstić information content (AvgIpc) is 3.01. The van der Waals surface area contributed by atoms with Crippen LogP contribution in [-0.4, -0.2) is 22.4 Å². The summed E-state index contributed by atoms with van der Waals surface area (Å²) in [6.07, 6.45) is 0.265. The fourth-order valence-corrected chi connectivity index (χ4v) is 4.05. The summed E-state index contributed by atoms with van der Waals surface area (Å²) in [5, 5.41) is 4.68. The van der Waals surface area contributed by atoms with E-state index in [4.69, 9.17) is 27.9 Å². The van der Waals surface area contributed by atoms with Crippen molar-refractivity contribution < 1.29 is 23.0 Å². The molecule has 0 aliphatic carbocycles.